The fraction of sp³-hybridized carbons (Fsp3) is 0.571. The fourth-order valence-corrected chi connectivity index (χ4v) is 2.18. The van der Waals surface area contributed by atoms with Crippen LogP contribution in [0, 0.1) is 13.8 Å². The highest BCUT2D eigenvalue weighted by molar-refractivity contribution is 9.09. The lowest BCUT2D eigenvalue weighted by atomic mass is 10.0. The van der Waals surface area contributed by atoms with E-state index in [9.17, 15) is 0 Å². The van der Waals surface area contributed by atoms with E-state index in [-0.39, 0.29) is 0 Å². The van der Waals surface area contributed by atoms with Gasteiger partial charge in [-0.2, -0.15) is 0 Å². The zero-order chi connectivity index (χ0) is 12.0. The molecule has 0 atom stereocenters. The summed E-state index contributed by atoms with van der Waals surface area (Å²) in [7, 11) is 0. The second-order valence-corrected chi connectivity index (χ2v) is 5.00. The van der Waals surface area contributed by atoms with Crippen molar-refractivity contribution in [2.45, 2.75) is 40.0 Å². The molecule has 0 unspecified atom stereocenters. The molecular weight excluding hydrogens is 264 g/mol. The first-order valence-corrected chi connectivity index (χ1v) is 7.10. The van der Waals surface area contributed by atoms with Crippen LogP contribution in [0.15, 0.2) is 12.1 Å². The Balaban J connectivity index is 2.91. The molecule has 0 bridgehead atoms. The van der Waals surface area contributed by atoms with E-state index in [2.05, 4.69) is 48.8 Å². The molecule has 0 saturated carbocycles. The van der Waals surface area contributed by atoms with Gasteiger partial charge in [0.25, 0.3) is 0 Å². The van der Waals surface area contributed by atoms with Crippen LogP contribution in [-0.2, 0) is 6.42 Å². The van der Waals surface area contributed by atoms with Gasteiger partial charge in [0.15, 0.2) is 0 Å². The summed E-state index contributed by atoms with van der Waals surface area (Å²) in [6, 6.07) is 4.45. The molecule has 0 aliphatic rings. The van der Waals surface area contributed by atoms with Crippen LogP contribution in [0.5, 0.6) is 5.75 Å². The minimum atomic E-state index is 0.811. The van der Waals surface area contributed by atoms with Gasteiger partial charge in [0, 0.05) is 5.33 Å². The summed E-state index contributed by atoms with van der Waals surface area (Å²) in [6.07, 6.45) is 3.31. The third kappa shape index (κ3) is 3.82. The number of halogens is 1. The number of hydrogen-bond donors (Lipinski definition) is 0. The highest BCUT2D eigenvalue weighted by Gasteiger charge is 2.07. The Morgan fingerprint density at radius 1 is 1.25 bits per heavy atom. The lowest BCUT2D eigenvalue weighted by Gasteiger charge is -2.14. The molecule has 0 saturated heterocycles. The van der Waals surface area contributed by atoms with Gasteiger partial charge in [-0.1, -0.05) is 40.5 Å². The van der Waals surface area contributed by atoms with Crippen LogP contribution in [0.25, 0.3) is 0 Å². The summed E-state index contributed by atoms with van der Waals surface area (Å²) in [5.41, 5.74) is 3.94. The third-order valence-electron chi connectivity index (χ3n) is 2.53. The maximum absolute atomic E-state index is 5.85. The fourth-order valence-electron chi connectivity index (χ4n) is 1.90. The lowest BCUT2D eigenvalue weighted by molar-refractivity contribution is 0.312. The molecule has 16 heavy (non-hydrogen) atoms. The Morgan fingerprint density at radius 2 is 2.00 bits per heavy atom. The first-order chi connectivity index (χ1) is 7.69. The van der Waals surface area contributed by atoms with E-state index in [4.69, 9.17) is 4.74 Å². The second-order valence-electron chi connectivity index (χ2n) is 4.21. The first kappa shape index (κ1) is 13.6. The predicted octanol–water partition coefficient (Wildman–Crippen LogP) is 4.42. The molecule has 0 fully saturated rings. The predicted molar refractivity (Wildman–Crippen MR) is 73.8 cm³/mol. The minimum Gasteiger partial charge on any atom is -0.493 e. The molecule has 0 N–H and O–H groups in total. The van der Waals surface area contributed by atoms with Crippen molar-refractivity contribution >= 4 is 15.9 Å². The van der Waals surface area contributed by atoms with Crippen LogP contribution in [0.3, 0.4) is 0 Å². The van der Waals surface area contributed by atoms with Gasteiger partial charge in [-0.05, 0) is 44.2 Å². The second kappa shape index (κ2) is 6.95. The number of hydrogen-bond acceptors (Lipinski definition) is 1. The van der Waals surface area contributed by atoms with E-state index in [1.807, 2.05) is 0 Å². The van der Waals surface area contributed by atoms with Gasteiger partial charge in [0.2, 0.25) is 0 Å². The number of aryl methyl sites for hydroxylation is 3. The van der Waals surface area contributed by atoms with Crippen molar-refractivity contribution in [3.05, 3.63) is 28.8 Å². The van der Waals surface area contributed by atoms with Gasteiger partial charge >= 0.3 is 0 Å². The SMILES string of the molecule is CCCOc1c(C)cc(C)cc1CCCBr. The molecule has 0 aromatic heterocycles. The van der Waals surface area contributed by atoms with E-state index in [0.29, 0.717) is 0 Å². The number of benzene rings is 1. The molecule has 0 amide bonds. The topological polar surface area (TPSA) is 9.23 Å². The summed E-state index contributed by atoms with van der Waals surface area (Å²) in [6.45, 7) is 7.23. The van der Waals surface area contributed by atoms with Crippen LogP contribution in [0.1, 0.15) is 36.5 Å². The smallest absolute Gasteiger partial charge is 0.125 e. The van der Waals surface area contributed by atoms with Crippen LogP contribution in [-0.4, -0.2) is 11.9 Å². The average molecular weight is 285 g/mol. The van der Waals surface area contributed by atoms with E-state index >= 15 is 0 Å². The van der Waals surface area contributed by atoms with Crippen LogP contribution < -0.4 is 4.74 Å². The minimum absolute atomic E-state index is 0.811. The normalized spacial score (nSPS) is 10.5. The summed E-state index contributed by atoms with van der Waals surface area (Å²) >= 11 is 3.48. The lowest BCUT2D eigenvalue weighted by Crippen LogP contribution is -2.02. The Bertz CT molecular complexity index is 334. The van der Waals surface area contributed by atoms with Gasteiger partial charge in [-0.25, -0.2) is 0 Å². The molecule has 0 radical (unpaired) electrons. The van der Waals surface area contributed by atoms with Gasteiger partial charge in [0.05, 0.1) is 6.61 Å². The number of rotatable bonds is 6. The van der Waals surface area contributed by atoms with Crippen molar-refractivity contribution in [3.63, 3.8) is 0 Å². The van der Waals surface area contributed by atoms with Crippen LogP contribution in [0.4, 0.5) is 0 Å². The Kier molecular flexibility index (Phi) is 5.89. The van der Waals surface area contributed by atoms with E-state index in [0.717, 1.165) is 36.9 Å². The van der Waals surface area contributed by atoms with E-state index in [1.54, 1.807) is 0 Å². The highest BCUT2D eigenvalue weighted by atomic mass is 79.9. The molecule has 2 heteroatoms. The molecule has 1 aromatic rings. The average Bonchev–Trinajstić information content (AvgIpc) is 2.24. The molecule has 0 aliphatic carbocycles. The van der Waals surface area contributed by atoms with Crippen LogP contribution in [0.2, 0.25) is 0 Å². The molecule has 1 nitrogen and oxygen atoms in total. The summed E-state index contributed by atoms with van der Waals surface area (Å²) in [4.78, 5) is 0. The Morgan fingerprint density at radius 3 is 2.62 bits per heavy atom. The molecule has 1 rings (SSSR count). The number of ether oxygens (including phenoxy) is 1. The van der Waals surface area contributed by atoms with Crippen LogP contribution >= 0.6 is 15.9 Å². The van der Waals surface area contributed by atoms with Crippen molar-refractivity contribution in [2.24, 2.45) is 0 Å². The van der Waals surface area contributed by atoms with Gasteiger partial charge in [-0.15, -0.1) is 0 Å². The highest BCUT2D eigenvalue weighted by Crippen LogP contribution is 2.27. The largest absolute Gasteiger partial charge is 0.493 e. The first-order valence-electron chi connectivity index (χ1n) is 5.98. The quantitative estimate of drug-likeness (QED) is 0.703. The molecule has 0 heterocycles. The zero-order valence-electron chi connectivity index (χ0n) is 10.5. The Labute approximate surface area is 107 Å². The maximum Gasteiger partial charge on any atom is 0.125 e. The standard InChI is InChI=1S/C14H21BrO/c1-4-8-16-14-12(3)9-11(2)10-13(14)6-5-7-15/h9-10H,4-8H2,1-3H3. The monoisotopic (exact) mass is 284 g/mol. The molecule has 0 spiro atoms. The van der Waals surface area contributed by atoms with Crippen molar-refractivity contribution in [1.82, 2.24) is 0 Å². The maximum atomic E-state index is 5.85. The van der Waals surface area contributed by atoms with E-state index in [1.165, 1.54) is 16.7 Å². The van der Waals surface area contributed by atoms with E-state index < -0.39 is 0 Å². The third-order valence-corrected chi connectivity index (χ3v) is 3.09. The van der Waals surface area contributed by atoms with Gasteiger partial charge < -0.3 is 4.74 Å². The molecule has 1 aromatic carbocycles. The summed E-state index contributed by atoms with van der Waals surface area (Å²) in [5, 5.41) is 1.05. The summed E-state index contributed by atoms with van der Waals surface area (Å²) < 4.78 is 5.85. The molecule has 0 aliphatic heterocycles. The van der Waals surface area contributed by atoms with Crippen molar-refractivity contribution in [3.8, 4) is 5.75 Å². The molecule has 90 valence electrons. The van der Waals surface area contributed by atoms with Crippen molar-refractivity contribution < 1.29 is 4.74 Å². The van der Waals surface area contributed by atoms with Gasteiger partial charge in [-0.3, -0.25) is 0 Å². The molecular formula is C14H21BrO. The number of alkyl halides is 1. The Hall–Kier alpha value is -0.500. The van der Waals surface area contributed by atoms with Gasteiger partial charge in [0.1, 0.15) is 5.75 Å². The van der Waals surface area contributed by atoms with Crippen molar-refractivity contribution in [2.75, 3.05) is 11.9 Å². The van der Waals surface area contributed by atoms with Crippen molar-refractivity contribution in [1.29, 1.82) is 0 Å². The summed E-state index contributed by atoms with van der Waals surface area (Å²) in [5.74, 6) is 1.11. The zero-order valence-corrected chi connectivity index (χ0v) is 12.1.